The number of furan rings is 1. The smallest absolute Gasteiger partial charge is 0.289 e. The molecule has 0 aliphatic carbocycles. The molecular weight excluding hydrogens is 374 g/mol. The van der Waals surface area contributed by atoms with Gasteiger partial charge in [0.15, 0.2) is 5.76 Å². The number of thiazole rings is 1. The van der Waals surface area contributed by atoms with E-state index >= 15 is 0 Å². The monoisotopic (exact) mass is 395 g/mol. The van der Waals surface area contributed by atoms with Gasteiger partial charge in [-0.2, -0.15) is 0 Å². The van der Waals surface area contributed by atoms with E-state index < -0.39 is 0 Å². The Balaban J connectivity index is 1.32. The number of nitrogens with zero attached hydrogens (tertiary/aromatic N) is 2. The Morgan fingerprint density at radius 2 is 2.07 bits per heavy atom. The van der Waals surface area contributed by atoms with Crippen LogP contribution in [0.4, 0.5) is 0 Å². The largest absolute Gasteiger partial charge is 0.459 e. The third-order valence-electron chi connectivity index (χ3n) is 4.85. The quantitative estimate of drug-likeness (QED) is 0.717. The second-order valence-corrected chi connectivity index (χ2v) is 7.72. The number of hydrogen-bond donors (Lipinski definition) is 1. The Kier molecular flexibility index (Phi) is 5.53. The lowest BCUT2D eigenvalue weighted by molar-refractivity contribution is -0.126. The first-order valence-corrected chi connectivity index (χ1v) is 10.2. The zero-order valence-corrected chi connectivity index (χ0v) is 16.2. The minimum absolute atomic E-state index is 0.0339. The molecule has 6 nitrogen and oxygen atoms in total. The van der Waals surface area contributed by atoms with Crippen molar-refractivity contribution < 1.29 is 14.0 Å². The molecule has 144 valence electrons. The van der Waals surface area contributed by atoms with E-state index in [1.807, 2.05) is 35.7 Å². The number of hydrogen-bond acceptors (Lipinski definition) is 5. The maximum absolute atomic E-state index is 12.6. The van der Waals surface area contributed by atoms with Crippen molar-refractivity contribution in [2.75, 3.05) is 13.1 Å². The highest BCUT2D eigenvalue weighted by atomic mass is 32.1. The Morgan fingerprint density at radius 1 is 1.21 bits per heavy atom. The number of carbonyl (C=O) groups excluding carboxylic acids is 2. The van der Waals surface area contributed by atoms with Gasteiger partial charge in [0.25, 0.3) is 5.91 Å². The third-order valence-corrected chi connectivity index (χ3v) is 5.70. The van der Waals surface area contributed by atoms with E-state index in [1.54, 1.807) is 17.0 Å². The molecule has 1 atom stereocenters. The number of piperidine rings is 1. The van der Waals surface area contributed by atoms with E-state index in [0.29, 0.717) is 25.4 Å². The van der Waals surface area contributed by atoms with Crippen molar-refractivity contribution in [2.45, 2.75) is 19.4 Å². The molecule has 2 aromatic heterocycles. The van der Waals surface area contributed by atoms with Crippen molar-refractivity contribution in [1.29, 1.82) is 0 Å². The van der Waals surface area contributed by atoms with Crippen LogP contribution in [0.2, 0.25) is 0 Å². The van der Waals surface area contributed by atoms with Gasteiger partial charge < -0.3 is 14.6 Å². The van der Waals surface area contributed by atoms with Crippen LogP contribution < -0.4 is 5.32 Å². The lowest BCUT2D eigenvalue weighted by atomic mass is 9.97. The summed E-state index contributed by atoms with van der Waals surface area (Å²) in [7, 11) is 0. The summed E-state index contributed by atoms with van der Waals surface area (Å²) in [5.74, 6) is -0.0816. The van der Waals surface area contributed by atoms with Gasteiger partial charge >= 0.3 is 0 Å². The van der Waals surface area contributed by atoms with Gasteiger partial charge in [0, 0.05) is 24.0 Å². The number of nitrogens with one attached hydrogen (secondary N) is 1. The van der Waals surface area contributed by atoms with Crippen LogP contribution in [-0.4, -0.2) is 34.8 Å². The lowest BCUT2D eigenvalue weighted by Crippen LogP contribution is -2.45. The molecule has 1 aromatic carbocycles. The predicted octanol–water partition coefficient (Wildman–Crippen LogP) is 3.57. The molecule has 1 saturated heterocycles. The molecule has 1 fully saturated rings. The number of carbonyl (C=O) groups is 2. The fraction of sp³-hybridized carbons (Fsp3) is 0.286. The second-order valence-electron chi connectivity index (χ2n) is 6.78. The Labute approximate surface area is 167 Å². The molecular formula is C21H21N3O3S. The summed E-state index contributed by atoms with van der Waals surface area (Å²) >= 11 is 1.53. The molecule has 28 heavy (non-hydrogen) atoms. The van der Waals surface area contributed by atoms with Gasteiger partial charge in [-0.3, -0.25) is 9.59 Å². The molecule has 1 aliphatic heterocycles. The van der Waals surface area contributed by atoms with E-state index in [1.165, 1.54) is 17.6 Å². The van der Waals surface area contributed by atoms with Gasteiger partial charge in [-0.05, 0) is 25.0 Å². The van der Waals surface area contributed by atoms with Crippen LogP contribution in [0.5, 0.6) is 0 Å². The van der Waals surface area contributed by atoms with Crippen molar-refractivity contribution in [3.05, 3.63) is 64.9 Å². The summed E-state index contributed by atoms with van der Waals surface area (Å²) in [6.07, 6.45) is 3.07. The summed E-state index contributed by atoms with van der Waals surface area (Å²) < 4.78 is 5.19. The van der Waals surface area contributed by atoms with Crippen molar-refractivity contribution >= 4 is 23.2 Å². The van der Waals surface area contributed by atoms with Crippen molar-refractivity contribution in [3.63, 3.8) is 0 Å². The minimum atomic E-state index is -0.207. The fourth-order valence-corrected chi connectivity index (χ4v) is 4.12. The van der Waals surface area contributed by atoms with Crippen molar-refractivity contribution in [2.24, 2.45) is 5.92 Å². The predicted molar refractivity (Wildman–Crippen MR) is 107 cm³/mol. The molecule has 0 radical (unpaired) electrons. The fourth-order valence-electron chi connectivity index (χ4n) is 3.37. The van der Waals surface area contributed by atoms with Crippen molar-refractivity contribution in [3.8, 4) is 11.3 Å². The highest BCUT2D eigenvalue weighted by Crippen LogP contribution is 2.22. The van der Waals surface area contributed by atoms with Gasteiger partial charge in [-0.25, -0.2) is 4.98 Å². The van der Waals surface area contributed by atoms with Crippen LogP contribution >= 0.6 is 11.3 Å². The van der Waals surface area contributed by atoms with E-state index in [4.69, 9.17) is 4.42 Å². The maximum Gasteiger partial charge on any atom is 0.289 e. The Hall–Kier alpha value is -2.93. The highest BCUT2D eigenvalue weighted by Gasteiger charge is 2.29. The molecule has 3 aromatic rings. The Bertz CT molecular complexity index is 937. The SMILES string of the molecule is O=C(NCc1nc(-c2ccccc2)cs1)[C@H]1CCCN(C(=O)c2ccco2)C1. The first kappa shape index (κ1) is 18.4. The molecule has 4 rings (SSSR count). The lowest BCUT2D eigenvalue weighted by Gasteiger charge is -2.31. The van der Waals surface area contributed by atoms with Gasteiger partial charge in [0.1, 0.15) is 5.01 Å². The average Bonchev–Trinajstić information content (AvgIpc) is 3.44. The van der Waals surface area contributed by atoms with E-state index in [0.717, 1.165) is 29.1 Å². The normalized spacial score (nSPS) is 16.7. The van der Waals surface area contributed by atoms with Gasteiger partial charge in [0.2, 0.25) is 5.91 Å². The molecule has 7 heteroatoms. The molecule has 0 bridgehead atoms. The molecule has 1 aliphatic rings. The topological polar surface area (TPSA) is 75.4 Å². The average molecular weight is 395 g/mol. The summed E-state index contributed by atoms with van der Waals surface area (Å²) in [6, 6.07) is 13.3. The highest BCUT2D eigenvalue weighted by molar-refractivity contribution is 7.09. The first-order valence-electron chi connectivity index (χ1n) is 9.31. The number of benzene rings is 1. The molecule has 2 amide bonds. The van der Waals surface area contributed by atoms with Gasteiger partial charge in [-0.1, -0.05) is 30.3 Å². The summed E-state index contributed by atoms with van der Waals surface area (Å²) in [5, 5.41) is 5.84. The molecule has 0 unspecified atom stereocenters. The molecule has 3 heterocycles. The van der Waals surface area contributed by atoms with Crippen LogP contribution in [0, 0.1) is 5.92 Å². The molecule has 0 saturated carbocycles. The van der Waals surface area contributed by atoms with Crippen LogP contribution in [0.3, 0.4) is 0 Å². The van der Waals surface area contributed by atoms with Crippen LogP contribution in [0.15, 0.2) is 58.5 Å². The zero-order valence-electron chi connectivity index (χ0n) is 15.3. The van der Waals surface area contributed by atoms with Crippen LogP contribution in [0.25, 0.3) is 11.3 Å². The van der Waals surface area contributed by atoms with E-state index in [9.17, 15) is 9.59 Å². The maximum atomic E-state index is 12.6. The second kappa shape index (κ2) is 8.39. The number of aromatic nitrogens is 1. The number of rotatable bonds is 5. The van der Waals surface area contributed by atoms with Crippen molar-refractivity contribution in [1.82, 2.24) is 15.2 Å². The molecule has 0 spiro atoms. The van der Waals surface area contributed by atoms with Crippen LogP contribution in [0.1, 0.15) is 28.4 Å². The van der Waals surface area contributed by atoms with E-state index in [2.05, 4.69) is 10.3 Å². The standard InChI is InChI=1S/C21H21N3O3S/c25-20(16-8-4-10-24(13-16)21(26)18-9-5-11-27-18)22-12-19-23-17(14-28-19)15-6-2-1-3-7-15/h1-3,5-7,9,11,14,16H,4,8,10,12-13H2,(H,22,25)/t16-/m0/s1. The number of likely N-dealkylation sites (tertiary alicyclic amines) is 1. The Morgan fingerprint density at radius 3 is 2.86 bits per heavy atom. The first-order chi connectivity index (χ1) is 13.7. The number of amides is 2. The molecule has 1 N–H and O–H groups in total. The zero-order chi connectivity index (χ0) is 19.3. The minimum Gasteiger partial charge on any atom is -0.459 e. The summed E-state index contributed by atoms with van der Waals surface area (Å²) in [6.45, 7) is 1.47. The van der Waals surface area contributed by atoms with E-state index in [-0.39, 0.29) is 17.7 Å². The van der Waals surface area contributed by atoms with Crippen LogP contribution in [-0.2, 0) is 11.3 Å². The third kappa shape index (κ3) is 4.14. The summed E-state index contributed by atoms with van der Waals surface area (Å²) in [5.41, 5.74) is 1.98. The van der Waals surface area contributed by atoms with Gasteiger partial charge in [0.05, 0.1) is 24.4 Å². The summed E-state index contributed by atoms with van der Waals surface area (Å²) in [4.78, 5) is 31.3. The van der Waals surface area contributed by atoms with Gasteiger partial charge in [-0.15, -0.1) is 11.3 Å².